The van der Waals surface area contributed by atoms with Crippen LogP contribution in [0, 0.1) is 11.8 Å². The van der Waals surface area contributed by atoms with Crippen molar-refractivity contribution in [2.75, 3.05) is 46.8 Å². The number of hydrogen-bond acceptors (Lipinski definition) is 3. The van der Waals surface area contributed by atoms with Crippen LogP contribution < -0.4 is 0 Å². The van der Waals surface area contributed by atoms with Crippen LogP contribution in [0.2, 0.25) is 0 Å². The molecule has 132 valence electrons. The first kappa shape index (κ1) is 18.2. The molecule has 0 aromatic carbocycles. The Morgan fingerprint density at radius 2 is 1.57 bits per heavy atom. The maximum absolute atomic E-state index is 12.6. The molecule has 2 rings (SSSR count). The number of amides is 2. The lowest BCUT2D eigenvalue weighted by atomic mass is 9.80. The molecule has 1 aliphatic heterocycles. The van der Waals surface area contributed by atoms with Crippen molar-refractivity contribution >= 4 is 11.8 Å². The average molecular weight is 323 g/mol. The highest BCUT2D eigenvalue weighted by atomic mass is 16.2. The van der Waals surface area contributed by atoms with Crippen LogP contribution in [0.15, 0.2) is 0 Å². The lowest BCUT2D eigenvalue weighted by Gasteiger charge is -2.36. The number of carbonyl (C=O) groups is 2. The number of hydrogen-bond donors (Lipinski definition) is 0. The molecule has 2 amide bonds. The second kappa shape index (κ2) is 8.67. The molecule has 23 heavy (non-hydrogen) atoms. The van der Waals surface area contributed by atoms with Crippen LogP contribution in [-0.4, -0.2) is 73.3 Å². The third-order valence-electron chi connectivity index (χ3n) is 5.46. The van der Waals surface area contributed by atoms with Crippen LogP contribution in [0.3, 0.4) is 0 Å². The Labute approximate surface area is 141 Å². The van der Waals surface area contributed by atoms with Gasteiger partial charge in [-0.15, -0.1) is 0 Å². The smallest absolute Gasteiger partial charge is 0.225 e. The molecule has 0 bridgehead atoms. The predicted octanol–water partition coefficient (Wildman–Crippen LogP) is 1.83. The summed E-state index contributed by atoms with van der Waals surface area (Å²) in [5.41, 5.74) is 0. The molecule has 1 heterocycles. The monoisotopic (exact) mass is 323 g/mol. The van der Waals surface area contributed by atoms with Gasteiger partial charge in [0.15, 0.2) is 0 Å². The van der Waals surface area contributed by atoms with Gasteiger partial charge in [-0.2, -0.15) is 0 Å². The molecule has 0 radical (unpaired) electrons. The van der Waals surface area contributed by atoms with Crippen LogP contribution in [0.25, 0.3) is 0 Å². The van der Waals surface area contributed by atoms with Crippen LogP contribution in [0.5, 0.6) is 0 Å². The van der Waals surface area contributed by atoms with Crippen molar-refractivity contribution in [3.63, 3.8) is 0 Å². The van der Waals surface area contributed by atoms with E-state index in [1.54, 1.807) is 0 Å². The molecule has 1 saturated carbocycles. The SMILES string of the molecule is CCCCN(C)C(=O)C1CCC(C(=O)N2CCN(C)CC2)CC1. The highest BCUT2D eigenvalue weighted by Crippen LogP contribution is 2.31. The van der Waals surface area contributed by atoms with E-state index in [-0.39, 0.29) is 17.7 Å². The molecule has 1 saturated heterocycles. The van der Waals surface area contributed by atoms with Gasteiger partial charge in [0.1, 0.15) is 0 Å². The van der Waals surface area contributed by atoms with Crippen molar-refractivity contribution in [3.05, 3.63) is 0 Å². The van der Waals surface area contributed by atoms with E-state index in [0.717, 1.165) is 71.2 Å². The van der Waals surface area contributed by atoms with Gasteiger partial charge in [0.05, 0.1) is 0 Å². The highest BCUT2D eigenvalue weighted by Gasteiger charge is 2.33. The van der Waals surface area contributed by atoms with Gasteiger partial charge in [0, 0.05) is 51.6 Å². The van der Waals surface area contributed by atoms with Crippen molar-refractivity contribution in [1.82, 2.24) is 14.7 Å². The zero-order valence-corrected chi connectivity index (χ0v) is 15.1. The van der Waals surface area contributed by atoms with Gasteiger partial charge in [-0.05, 0) is 39.2 Å². The lowest BCUT2D eigenvalue weighted by Crippen LogP contribution is -2.49. The molecular weight excluding hydrogens is 290 g/mol. The molecule has 1 aliphatic carbocycles. The standard InChI is InChI=1S/C18H33N3O2/c1-4-5-10-20(3)17(22)15-6-8-16(9-7-15)18(23)21-13-11-19(2)12-14-21/h15-16H,4-14H2,1-3H3. The normalized spacial score (nSPS) is 26.1. The lowest BCUT2D eigenvalue weighted by molar-refractivity contribution is -0.141. The minimum atomic E-state index is 0.133. The summed E-state index contributed by atoms with van der Waals surface area (Å²) in [6, 6.07) is 0. The fraction of sp³-hybridized carbons (Fsp3) is 0.889. The molecule has 0 aromatic rings. The summed E-state index contributed by atoms with van der Waals surface area (Å²) in [4.78, 5) is 31.2. The van der Waals surface area contributed by atoms with Gasteiger partial charge in [-0.1, -0.05) is 13.3 Å². The number of unbranched alkanes of at least 4 members (excludes halogenated alkanes) is 1. The first-order valence-electron chi connectivity index (χ1n) is 9.25. The molecule has 0 aromatic heterocycles. The molecular formula is C18H33N3O2. The Morgan fingerprint density at radius 1 is 1.00 bits per heavy atom. The fourth-order valence-electron chi connectivity index (χ4n) is 3.69. The molecule has 0 atom stereocenters. The Hall–Kier alpha value is -1.10. The van der Waals surface area contributed by atoms with E-state index in [1.165, 1.54) is 0 Å². The number of nitrogens with zero attached hydrogens (tertiary/aromatic N) is 3. The zero-order chi connectivity index (χ0) is 16.8. The minimum Gasteiger partial charge on any atom is -0.346 e. The van der Waals surface area contributed by atoms with E-state index in [9.17, 15) is 9.59 Å². The summed E-state index contributed by atoms with van der Waals surface area (Å²) in [6.07, 6.45) is 5.69. The summed E-state index contributed by atoms with van der Waals surface area (Å²) in [6.45, 7) is 6.66. The van der Waals surface area contributed by atoms with Crippen LogP contribution in [-0.2, 0) is 9.59 Å². The summed E-state index contributed by atoms with van der Waals surface area (Å²) in [5, 5.41) is 0. The summed E-state index contributed by atoms with van der Waals surface area (Å²) < 4.78 is 0. The Morgan fingerprint density at radius 3 is 2.13 bits per heavy atom. The first-order chi connectivity index (χ1) is 11.0. The molecule has 0 N–H and O–H groups in total. The molecule has 2 fully saturated rings. The van der Waals surface area contributed by atoms with Crippen molar-refractivity contribution < 1.29 is 9.59 Å². The van der Waals surface area contributed by atoms with Gasteiger partial charge in [0.2, 0.25) is 11.8 Å². The molecule has 5 nitrogen and oxygen atoms in total. The van der Waals surface area contributed by atoms with Crippen molar-refractivity contribution in [3.8, 4) is 0 Å². The van der Waals surface area contributed by atoms with E-state index in [2.05, 4.69) is 18.9 Å². The van der Waals surface area contributed by atoms with Crippen molar-refractivity contribution in [1.29, 1.82) is 0 Å². The minimum absolute atomic E-state index is 0.133. The largest absolute Gasteiger partial charge is 0.346 e. The van der Waals surface area contributed by atoms with Gasteiger partial charge >= 0.3 is 0 Å². The molecule has 0 spiro atoms. The van der Waals surface area contributed by atoms with E-state index < -0.39 is 0 Å². The second-order valence-corrected chi connectivity index (χ2v) is 7.29. The quantitative estimate of drug-likeness (QED) is 0.775. The third kappa shape index (κ3) is 4.93. The van der Waals surface area contributed by atoms with E-state index >= 15 is 0 Å². The third-order valence-corrected chi connectivity index (χ3v) is 5.46. The molecule has 5 heteroatoms. The zero-order valence-electron chi connectivity index (χ0n) is 15.1. The summed E-state index contributed by atoms with van der Waals surface area (Å²) in [7, 11) is 4.02. The summed E-state index contributed by atoms with van der Waals surface area (Å²) >= 11 is 0. The Bertz CT molecular complexity index is 397. The second-order valence-electron chi connectivity index (χ2n) is 7.29. The van der Waals surface area contributed by atoms with Crippen molar-refractivity contribution in [2.45, 2.75) is 45.4 Å². The molecule has 2 aliphatic rings. The van der Waals surface area contributed by atoms with Gasteiger partial charge in [-0.25, -0.2) is 0 Å². The van der Waals surface area contributed by atoms with Gasteiger partial charge in [0.25, 0.3) is 0 Å². The maximum atomic E-state index is 12.6. The van der Waals surface area contributed by atoms with Crippen LogP contribution in [0.1, 0.15) is 45.4 Å². The summed E-state index contributed by atoms with van der Waals surface area (Å²) in [5.74, 6) is 0.879. The van der Waals surface area contributed by atoms with Gasteiger partial charge in [-0.3, -0.25) is 9.59 Å². The molecule has 0 unspecified atom stereocenters. The van der Waals surface area contributed by atoms with Gasteiger partial charge < -0.3 is 14.7 Å². The number of piperazine rings is 1. The number of likely N-dealkylation sites (N-methyl/N-ethyl adjacent to an activating group) is 1. The number of rotatable bonds is 5. The maximum Gasteiger partial charge on any atom is 0.225 e. The number of carbonyl (C=O) groups excluding carboxylic acids is 2. The van der Waals surface area contributed by atoms with E-state index in [1.807, 2.05) is 16.8 Å². The predicted molar refractivity (Wildman–Crippen MR) is 92.1 cm³/mol. The Balaban J connectivity index is 1.77. The topological polar surface area (TPSA) is 43.9 Å². The van der Waals surface area contributed by atoms with E-state index in [0.29, 0.717) is 5.91 Å². The van der Waals surface area contributed by atoms with Crippen LogP contribution >= 0.6 is 0 Å². The highest BCUT2D eigenvalue weighted by molar-refractivity contribution is 5.81. The van der Waals surface area contributed by atoms with Crippen molar-refractivity contribution in [2.24, 2.45) is 11.8 Å². The van der Waals surface area contributed by atoms with Crippen LogP contribution in [0.4, 0.5) is 0 Å². The Kier molecular flexibility index (Phi) is 6.88. The first-order valence-corrected chi connectivity index (χ1v) is 9.25. The average Bonchev–Trinajstić information content (AvgIpc) is 2.59. The van der Waals surface area contributed by atoms with E-state index in [4.69, 9.17) is 0 Å². The fourth-order valence-corrected chi connectivity index (χ4v) is 3.69.